The second kappa shape index (κ2) is 10.5. The minimum absolute atomic E-state index is 0.0659. The Balaban J connectivity index is 1.20. The van der Waals surface area contributed by atoms with Crippen LogP contribution in [0.5, 0.6) is 0 Å². The predicted octanol–water partition coefficient (Wildman–Crippen LogP) is 6.44. The summed E-state index contributed by atoms with van der Waals surface area (Å²) in [6, 6.07) is 30.7. The lowest BCUT2D eigenvalue weighted by molar-refractivity contribution is -0.118. The van der Waals surface area contributed by atoms with Crippen LogP contribution in [0.4, 0.5) is 10.5 Å². The Morgan fingerprint density at radius 1 is 0.872 bits per heavy atom. The SMILES string of the molecule is [CH2]c1cccc(NC(=O)[C@@H](Cc2c[nH]c3ccccc23)NC(=O)OCC2c3ccccc3-c3ccccc32)c1. The minimum Gasteiger partial charge on any atom is -0.449 e. The third-order valence-electron chi connectivity index (χ3n) is 7.25. The van der Waals surface area contributed by atoms with E-state index in [0.29, 0.717) is 12.1 Å². The summed E-state index contributed by atoms with van der Waals surface area (Å²) in [4.78, 5) is 29.7. The first-order valence-corrected chi connectivity index (χ1v) is 13.0. The number of anilines is 1. The average molecular weight is 515 g/mol. The van der Waals surface area contributed by atoms with Gasteiger partial charge in [-0.2, -0.15) is 0 Å². The summed E-state index contributed by atoms with van der Waals surface area (Å²) in [7, 11) is 0. The molecule has 0 spiro atoms. The van der Waals surface area contributed by atoms with E-state index in [-0.39, 0.29) is 18.4 Å². The van der Waals surface area contributed by atoms with Crippen molar-refractivity contribution < 1.29 is 14.3 Å². The van der Waals surface area contributed by atoms with E-state index in [1.54, 1.807) is 12.1 Å². The van der Waals surface area contributed by atoms with E-state index < -0.39 is 12.1 Å². The molecule has 39 heavy (non-hydrogen) atoms. The maximum absolute atomic E-state index is 13.4. The van der Waals surface area contributed by atoms with Gasteiger partial charge in [0.2, 0.25) is 5.91 Å². The van der Waals surface area contributed by atoms with Crippen molar-refractivity contribution in [3.05, 3.63) is 132 Å². The number of carbonyl (C=O) groups is 2. The summed E-state index contributed by atoms with van der Waals surface area (Å²) in [5.41, 5.74) is 7.88. The van der Waals surface area contributed by atoms with Gasteiger partial charge in [0.15, 0.2) is 0 Å². The second-order valence-corrected chi connectivity index (χ2v) is 9.78. The van der Waals surface area contributed by atoms with Gasteiger partial charge in [0.05, 0.1) is 0 Å². The molecule has 0 unspecified atom stereocenters. The molecule has 0 saturated carbocycles. The minimum atomic E-state index is -0.853. The first kappa shape index (κ1) is 24.5. The fraction of sp³-hybridized carbons (Fsp3) is 0.121. The number of para-hydroxylation sites is 1. The monoisotopic (exact) mass is 514 g/mol. The van der Waals surface area contributed by atoms with Crippen molar-refractivity contribution in [1.29, 1.82) is 0 Å². The van der Waals surface area contributed by atoms with Crippen LogP contribution in [0.3, 0.4) is 0 Å². The molecule has 6 rings (SSSR count). The number of carbonyl (C=O) groups excluding carboxylic acids is 2. The Bertz CT molecular complexity index is 1630. The molecule has 5 aromatic rings. The molecule has 0 bridgehead atoms. The van der Waals surface area contributed by atoms with Gasteiger partial charge in [-0.05, 0) is 58.5 Å². The smallest absolute Gasteiger partial charge is 0.407 e. The van der Waals surface area contributed by atoms with E-state index >= 15 is 0 Å². The first-order chi connectivity index (χ1) is 19.1. The van der Waals surface area contributed by atoms with E-state index in [1.165, 1.54) is 0 Å². The quantitative estimate of drug-likeness (QED) is 0.234. The van der Waals surface area contributed by atoms with Gasteiger partial charge >= 0.3 is 6.09 Å². The highest BCUT2D eigenvalue weighted by molar-refractivity contribution is 5.97. The first-order valence-electron chi connectivity index (χ1n) is 13.0. The molecule has 1 aliphatic rings. The van der Waals surface area contributed by atoms with Crippen LogP contribution in [0.1, 0.15) is 28.2 Å². The normalized spacial score (nSPS) is 12.9. The van der Waals surface area contributed by atoms with Crippen molar-refractivity contribution in [1.82, 2.24) is 10.3 Å². The lowest BCUT2D eigenvalue weighted by Gasteiger charge is -2.20. The number of aromatic nitrogens is 1. The number of amides is 2. The summed E-state index contributed by atoms with van der Waals surface area (Å²) in [5.74, 6) is -0.400. The predicted molar refractivity (Wildman–Crippen MR) is 154 cm³/mol. The highest BCUT2D eigenvalue weighted by Gasteiger charge is 2.30. The Hall–Kier alpha value is -4.84. The maximum atomic E-state index is 13.4. The zero-order valence-corrected chi connectivity index (χ0v) is 21.3. The number of fused-ring (bicyclic) bond motifs is 4. The van der Waals surface area contributed by atoms with E-state index in [2.05, 4.69) is 46.8 Å². The molecule has 2 amide bonds. The standard InChI is InChI=1S/C33H28N3O3/c1-21-9-8-10-23(17-21)35-32(37)31(18-22-19-34-30-16-7-6-11-24(22)30)36-33(38)39-20-29-27-14-4-2-12-25(27)26-13-3-5-15-28(26)29/h2-17,19,29,31,34H,1,18,20H2,(H,35,37)(H,36,38)/t31-/m1/s1. The number of hydrogen-bond acceptors (Lipinski definition) is 3. The largest absolute Gasteiger partial charge is 0.449 e. The molecule has 6 nitrogen and oxygen atoms in total. The fourth-order valence-electron chi connectivity index (χ4n) is 5.39. The number of hydrogen-bond donors (Lipinski definition) is 3. The second-order valence-electron chi connectivity index (χ2n) is 9.78. The topological polar surface area (TPSA) is 83.2 Å². The van der Waals surface area contributed by atoms with Gasteiger partial charge in [-0.15, -0.1) is 0 Å². The van der Waals surface area contributed by atoms with Crippen LogP contribution >= 0.6 is 0 Å². The van der Waals surface area contributed by atoms with Gasteiger partial charge in [0, 0.05) is 35.1 Å². The highest BCUT2D eigenvalue weighted by atomic mass is 16.5. The lowest BCUT2D eigenvalue weighted by atomic mass is 9.98. The van der Waals surface area contributed by atoms with E-state index in [0.717, 1.165) is 44.3 Å². The number of aromatic amines is 1. The molecule has 1 aliphatic carbocycles. The third-order valence-corrected chi connectivity index (χ3v) is 7.25. The van der Waals surface area contributed by atoms with Gasteiger partial charge in [-0.25, -0.2) is 4.79 Å². The molecule has 3 N–H and O–H groups in total. The molecule has 1 atom stereocenters. The number of rotatable bonds is 7. The molecule has 1 heterocycles. The summed E-state index contributed by atoms with van der Waals surface area (Å²) in [6.07, 6.45) is 1.54. The summed E-state index contributed by atoms with van der Waals surface area (Å²) >= 11 is 0. The zero-order chi connectivity index (χ0) is 26.8. The molecule has 4 aromatic carbocycles. The Kier molecular flexibility index (Phi) is 6.59. The van der Waals surface area contributed by atoms with E-state index in [4.69, 9.17) is 4.74 Å². The van der Waals surface area contributed by atoms with Crippen molar-refractivity contribution in [3.8, 4) is 11.1 Å². The number of alkyl carbamates (subject to hydrolysis) is 1. The molecule has 6 heteroatoms. The fourth-order valence-corrected chi connectivity index (χ4v) is 5.39. The van der Waals surface area contributed by atoms with Crippen molar-refractivity contribution in [3.63, 3.8) is 0 Å². The van der Waals surface area contributed by atoms with Crippen molar-refractivity contribution >= 4 is 28.6 Å². The molecule has 193 valence electrons. The van der Waals surface area contributed by atoms with E-state index in [1.807, 2.05) is 66.9 Å². The van der Waals surface area contributed by atoms with Gasteiger partial charge in [-0.1, -0.05) is 78.9 Å². The zero-order valence-electron chi connectivity index (χ0n) is 21.3. The Morgan fingerprint density at radius 2 is 1.56 bits per heavy atom. The van der Waals surface area contributed by atoms with Crippen LogP contribution in [-0.4, -0.2) is 29.6 Å². The molecule has 1 radical (unpaired) electrons. The van der Waals surface area contributed by atoms with Gasteiger partial charge in [0.1, 0.15) is 12.6 Å². The number of H-pyrrole nitrogens is 1. The van der Waals surface area contributed by atoms with Crippen LogP contribution < -0.4 is 10.6 Å². The third kappa shape index (κ3) is 5.01. The number of ether oxygens (including phenoxy) is 1. The summed E-state index contributed by atoms with van der Waals surface area (Å²) < 4.78 is 5.75. The number of benzene rings is 4. The summed E-state index contributed by atoms with van der Waals surface area (Å²) in [5, 5.41) is 6.74. The van der Waals surface area contributed by atoms with Crippen LogP contribution in [0.2, 0.25) is 0 Å². The van der Waals surface area contributed by atoms with Crippen molar-refractivity contribution in [2.24, 2.45) is 0 Å². The molecule has 0 fully saturated rings. The molecular formula is C33H28N3O3. The van der Waals surface area contributed by atoms with Crippen LogP contribution in [0.15, 0.2) is 103 Å². The Labute approximate surface area is 227 Å². The van der Waals surface area contributed by atoms with Gasteiger partial charge in [-0.3, -0.25) is 4.79 Å². The van der Waals surface area contributed by atoms with Crippen LogP contribution in [0, 0.1) is 6.92 Å². The lowest BCUT2D eigenvalue weighted by Crippen LogP contribution is -2.45. The van der Waals surface area contributed by atoms with Crippen LogP contribution in [0.25, 0.3) is 22.0 Å². The molecule has 0 aliphatic heterocycles. The van der Waals surface area contributed by atoms with Crippen molar-refractivity contribution in [2.45, 2.75) is 18.4 Å². The molecular weight excluding hydrogens is 486 g/mol. The van der Waals surface area contributed by atoms with Crippen molar-refractivity contribution in [2.75, 3.05) is 11.9 Å². The Morgan fingerprint density at radius 3 is 2.31 bits per heavy atom. The highest BCUT2D eigenvalue weighted by Crippen LogP contribution is 2.44. The average Bonchev–Trinajstić information content (AvgIpc) is 3.50. The molecule has 1 aromatic heterocycles. The summed E-state index contributed by atoms with van der Waals surface area (Å²) in [6.45, 7) is 4.10. The van der Waals surface area contributed by atoms with E-state index in [9.17, 15) is 9.59 Å². The van der Waals surface area contributed by atoms with Crippen LogP contribution in [-0.2, 0) is 16.0 Å². The van der Waals surface area contributed by atoms with Gasteiger partial charge < -0.3 is 20.4 Å². The molecule has 0 saturated heterocycles. The number of nitrogens with one attached hydrogen (secondary N) is 3. The maximum Gasteiger partial charge on any atom is 0.407 e. The van der Waals surface area contributed by atoms with Gasteiger partial charge in [0.25, 0.3) is 0 Å².